The lowest BCUT2D eigenvalue weighted by Gasteiger charge is -2.12. The highest BCUT2D eigenvalue weighted by Crippen LogP contribution is 2.31. The van der Waals surface area contributed by atoms with Crippen LogP contribution in [0.1, 0.15) is 16.7 Å². The summed E-state index contributed by atoms with van der Waals surface area (Å²) in [7, 11) is 3.25. The molecule has 1 amide bonds. The van der Waals surface area contributed by atoms with Crippen molar-refractivity contribution >= 4 is 23.4 Å². The molecule has 0 unspecified atom stereocenters. The summed E-state index contributed by atoms with van der Waals surface area (Å²) in [5.41, 5.74) is 4.23. The monoisotopic (exact) mass is 345 g/mol. The number of carbonyl (C=O) groups excluding carboxylic acids is 1. The first kappa shape index (κ1) is 18.2. The Bertz CT molecular complexity index is 716. The van der Waals surface area contributed by atoms with E-state index in [1.807, 2.05) is 50.2 Å². The maximum atomic E-state index is 12.0. The average Bonchev–Trinajstić information content (AvgIpc) is 2.55. The fraction of sp³-hybridized carbons (Fsp3) is 0.316. The standard InChI is InChI=1S/C19H23NO3S/c1-13-6-5-7-16(8-13)20-19(21)12-24-11-15-10-18(23-4)17(22-3)9-14(15)2/h5-10H,11-12H2,1-4H3,(H,20,21). The van der Waals surface area contributed by atoms with Crippen LogP contribution >= 0.6 is 11.8 Å². The number of methoxy groups -OCH3 is 2. The van der Waals surface area contributed by atoms with Crippen molar-refractivity contribution in [3.8, 4) is 11.5 Å². The molecule has 0 aromatic heterocycles. The summed E-state index contributed by atoms with van der Waals surface area (Å²) in [6, 6.07) is 11.7. The Labute approximate surface area is 147 Å². The molecule has 0 spiro atoms. The van der Waals surface area contributed by atoms with Crippen LogP contribution in [0.4, 0.5) is 5.69 Å². The number of anilines is 1. The molecule has 0 radical (unpaired) electrons. The lowest BCUT2D eigenvalue weighted by atomic mass is 10.1. The molecule has 0 bridgehead atoms. The third kappa shape index (κ3) is 4.93. The van der Waals surface area contributed by atoms with E-state index in [0.717, 1.165) is 33.9 Å². The van der Waals surface area contributed by atoms with Crippen LogP contribution in [0.25, 0.3) is 0 Å². The number of benzene rings is 2. The lowest BCUT2D eigenvalue weighted by molar-refractivity contribution is -0.113. The normalized spacial score (nSPS) is 10.3. The number of amides is 1. The first-order valence-electron chi connectivity index (χ1n) is 7.69. The minimum absolute atomic E-state index is 0.00345. The van der Waals surface area contributed by atoms with E-state index < -0.39 is 0 Å². The molecule has 5 heteroatoms. The molecule has 24 heavy (non-hydrogen) atoms. The van der Waals surface area contributed by atoms with Crippen molar-refractivity contribution < 1.29 is 14.3 Å². The Balaban J connectivity index is 1.90. The van der Waals surface area contributed by atoms with Crippen LogP contribution in [-0.4, -0.2) is 25.9 Å². The highest BCUT2D eigenvalue weighted by Gasteiger charge is 2.10. The summed E-state index contributed by atoms with van der Waals surface area (Å²) in [5, 5.41) is 2.92. The van der Waals surface area contributed by atoms with Gasteiger partial charge < -0.3 is 14.8 Å². The van der Waals surface area contributed by atoms with Gasteiger partial charge in [0.05, 0.1) is 20.0 Å². The topological polar surface area (TPSA) is 47.6 Å². The smallest absolute Gasteiger partial charge is 0.234 e. The fourth-order valence-electron chi connectivity index (χ4n) is 2.35. The molecule has 0 aliphatic carbocycles. The molecule has 2 aromatic carbocycles. The van der Waals surface area contributed by atoms with Gasteiger partial charge in [-0.05, 0) is 54.8 Å². The van der Waals surface area contributed by atoms with Crippen molar-refractivity contribution in [3.63, 3.8) is 0 Å². The Kier molecular flexibility index (Phi) is 6.55. The molecular formula is C19H23NO3S. The van der Waals surface area contributed by atoms with E-state index >= 15 is 0 Å². The van der Waals surface area contributed by atoms with Crippen LogP contribution in [-0.2, 0) is 10.5 Å². The summed E-state index contributed by atoms with van der Waals surface area (Å²) >= 11 is 1.58. The van der Waals surface area contributed by atoms with Crippen LogP contribution in [0.5, 0.6) is 11.5 Å². The predicted octanol–water partition coefficient (Wildman–Crippen LogP) is 4.19. The second-order valence-electron chi connectivity index (χ2n) is 5.54. The fourth-order valence-corrected chi connectivity index (χ4v) is 3.24. The molecule has 0 aliphatic heterocycles. The number of ether oxygens (including phenoxy) is 2. The van der Waals surface area contributed by atoms with Gasteiger partial charge in [-0.15, -0.1) is 11.8 Å². The van der Waals surface area contributed by atoms with E-state index in [2.05, 4.69) is 5.32 Å². The summed E-state index contributed by atoms with van der Waals surface area (Å²) in [4.78, 5) is 12.0. The molecular weight excluding hydrogens is 322 g/mol. The Morgan fingerprint density at radius 1 is 1.08 bits per heavy atom. The van der Waals surface area contributed by atoms with Gasteiger partial charge >= 0.3 is 0 Å². The van der Waals surface area contributed by atoms with E-state index in [9.17, 15) is 4.79 Å². The van der Waals surface area contributed by atoms with Crippen LogP contribution in [0, 0.1) is 13.8 Å². The molecule has 0 aliphatic rings. The number of rotatable bonds is 7. The molecule has 0 saturated carbocycles. The molecule has 0 saturated heterocycles. The third-order valence-corrected chi connectivity index (χ3v) is 4.62. The van der Waals surface area contributed by atoms with Crippen LogP contribution < -0.4 is 14.8 Å². The number of nitrogens with one attached hydrogen (secondary N) is 1. The largest absolute Gasteiger partial charge is 0.493 e. The Morgan fingerprint density at radius 3 is 2.46 bits per heavy atom. The van der Waals surface area contributed by atoms with E-state index in [4.69, 9.17) is 9.47 Å². The van der Waals surface area contributed by atoms with Crippen molar-refractivity contribution in [2.24, 2.45) is 0 Å². The molecule has 128 valence electrons. The van der Waals surface area contributed by atoms with Crippen LogP contribution in [0.15, 0.2) is 36.4 Å². The van der Waals surface area contributed by atoms with Crippen molar-refractivity contribution in [1.29, 1.82) is 0 Å². The van der Waals surface area contributed by atoms with E-state index in [1.165, 1.54) is 0 Å². The number of carbonyl (C=O) groups is 1. The summed E-state index contributed by atoms with van der Waals surface area (Å²) in [5.74, 6) is 2.59. The van der Waals surface area contributed by atoms with Gasteiger partial charge in [-0.25, -0.2) is 0 Å². The van der Waals surface area contributed by atoms with E-state index in [0.29, 0.717) is 11.5 Å². The van der Waals surface area contributed by atoms with Gasteiger partial charge in [0.15, 0.2) is 11.5 Å². The first-order chi connectivity index (χ1) is 11.5. The van der Waals surface area contributed by atoms with Gasteiger partial charge in [-0.3, -0.25) is 4.79 Å². The zero-order chi connectivity index (χ0) is 17.5. The highest BCUT2D eigenvalue weighted by atomic mass is 32.2. The minimum Gasteiger partial charge on any atom is -0.493 e. The van der Waals surface area contributed by atoms with Crippen LogP contribution in [0.3, 0.4) is 0 Å². The SMILES string of the molecule is COc1cc(C)c(CSCC(=O)Nc2cccc(C)c2)cc1OC. The van der Waals surface area contributed by atoms with Gasteiger partial charge in [-0.1, -0.05) is 12.1 Å². The molecule has 0 atom stereocenters. The van der Waals surface area contributed by atoms with Gasteiger partial charge in [0.25, 0.3) is 0 Å². The van der Waals surface area contributed by atoms with Crippen LogP contribution in [0.2, 0.25) is 0 Å². The summed E-state index contributed by atoms with van der Waals surface area (Å²) < 4.78 is 10.6. The van der Waals surface area contributed by atoms with Crippen molar-refractivity contribution in [1.82, 2.24) is 0 Å². The lowest BCUT2D eigenvalue weighted by Crippen LogP contribution is -2.14. The zero-order valence-corrected chi connectivity index (χ0v) is 15.3. The molecule has 0 fully saturated rings. The summed E-state index contributed by atoms with van der Waals surface area (Å²) in [6.07, 6.45) is 0. The molecule has 0 heterocycles. The van der Waals surface area contributed by atoms with E-state index in [-0.39, 0.29) is 5.91 Å². The summed E-state index contributed by atoms with van der Waals surface area (Å²) in [6.45, 7) is 4.04. The average molecular weight is 345 g/mol. The first-order valence-corrected chi connectivity index (χ1v) is 8.84. The number of aryl methyl sites for hydroxylation is 2. The Hall–Kier alpha value is -2.14. The van der Waals surface area contributed by atoms with Gasteiger partial charge in [-0.2, -0.15) is 0 Å². The minimum atomic E-state index is 0.00345. The van der Waals surface area contributed by atoms with Crippen molar-refractivity contribution in [2.45, 2.75) is 19.6 Å². The van der Waals surface area contributed by atoms with Crippen molar-refractivity contribution in [3.05, 3.63) is 53.1 Å². The zero-order valence-electron chi connectivity index (χ0n) is 14.5. The third-order valence-electron chi connectivity index (χ3n) is 3.63. The Morgan fingerprint density at radius 2 is 1.79 bits per heavy atom. The maximum Gasteiger partial charge on any atom is 0.234 e. The molecule has 2 aromatic rings. The highest BCUT2D eigenvalue weighted by molar-refractivity contribution is 7.99. The van der Waals surface area contributed by atoms with E-state index in [1.54, 1.807) is 26.0 Å². The number of thioether (sulfide) groups is 1. The second-order valence-corrected chi connectivity index (χ2v) is 6.53. The number of hydrogen-bond donors (Lipinski definition) is 1. The van der Waals surface area contributed by atoms with Gasteiger partial charge in [0.2, 0.25) is 5.91 Å². The number of hydrogen-bond acceptors (Lipinski definition) is 4. The van der Waals surface area contributed by atoms with Gasteiger partial charge in [0.1, 0.15) is 0 Å². The molecule has 4 nitrogen and oxygen atoms in total. The predicted molar refractivity (Wildman–Crippen MR) is 100 cm³/mol. The molecule has 2 rings (SSSR count). The van der Waals surface area contributed by atoms with Crippen molar-refractivity contribution in [2.75, 3.05) is 25.3 Å². The van der Waals surface area contributed by atoms with Gasteiger partial charge in [0, 0.05) is 11.4 Å². The molecule has 1 N–H and O–H groups in total. The second kappa shape index (κ2) is 8.64. The maximum absolute atomic E-state index is 12.0. The quantitative estimate of drug-likeness (QED) is 0.817.